The zero-order valence-electron chi connectivity index (χ0n) is 11.0. The van der Waals surface area contributed by atoms with E-state index in [1.165, 1.54) is 0 Å². The maximum Gasteiger partial charge on any atom is 0.328 e. The first-order valence-electron chi connectivity index (χ1n) is 6.07. The molecule has 0 amide bonds. The normalized spacial score (nSPS) is 10.5. The summed E-state index contributed by atoms with van der Waals surface area (Å²) < 4.78 is 3.38. The van der Waals surface area contributed by atoms with Crippen LogP contribution in [0.3, 0.4) is 0 Å². The number of aromatic nitrogens is 2. The molecule has 4 nitrogen and oxygen atoms in total. The van der Waals surface area contributed by atoms with Crippen LogP contribution < -0.4 is 5.69 Å². The van der Waals surface area contributed by atoms with E-state index in [4.69, 9.17) is 5.11 Å². The highest BCUT2D eigenvalue weighted by atomic mass is 32.1. The quantitative estimate of drug-likeness (QED) is 0.867. The molecule has 0 aliphatic carbocycles. The molecule has 0 aromatic carbocycles. The van der Waals surface area contributed by atoms with E-state index in [0.29, 0.717) is 6.54 Å². The van der Waals surface area contributed by atoms with Gasteiger partial charge in [-0.25, -0.2) is 4.79 Å². The summed E-state index contributed by atoms with van der Waals surface area (Å²) in [6.45, 7) is 4.33. The summed E-state index contributed by atoms with van der Waals surface area (Å²) >= 11 is 1.57. The van der Waals surface area contributed by atoms with Crippen molar-refractivity contribution < 1.29 is 5.11 Å². The summed E-state index contributed by atoms with van der Waals surface area (Å²) in [5, 5.41) is 10.7. The lowest BCUT2D eigenvalue weighted by Gasteiger charge is -2.04. The molecule has 0 aliphatic heterocycles. The van der Waals surface area contributed by atoms with Gasteiger partial charge in [0.15, 0.2) is 0 Å². The Hall–Kier alpha value is -1.77. The molecule has 0 unspecified atom stereocenters. The molecule has 0 radical (unpaired) electrons. The van der Waals surface area contributed by atoms with Crippen molar-refractivity contribution in [2.24, 2.45) is 0 Å². The Labute approximate surface area is 115 Å². The molecule has 0 atom stereocenters. The van der Waals surface area contributed by atoms with Gasteiger partial charge in [-0.1, -0.05) is 11.8 Å². The van der Waals surface area contributed by atoms with Gasteiger partial charge in [0.2, 0.25) is 0 Å². The average Bonchev–Trinajstić information content (AvgIpc) is 2.95. The van der Waals surface area contributed by atoms with Crippen LogP contribution in [-0.2, 0) is 6.54 Å². The molecular weight excluding hydrogens is 260 g/mol. The molecule has 5 heteroatoms. The number of aliphatic hydroxyl groups excluding tert-OH is 1. The molecule has 0 fully saturated rings. The SMILES string of the molecule is CC(C)n1ccn(Cc2sccc2C#CCO)c1=O. The summed E-state index contributed by atoms with van der Waals surface area (Å²) in [6, 6.07) is 2.07. The smallest absolute Gasteiger partial charge is 0.328 e. The van der Waals surface area contributed by atoms with Gasteiger partial charge in [-0.3, -0.25) is 9.13 Å². The lowest BCUT2D eigenvalue weighted by Crippen LogP contribution is -2.25. The van der Waals surface area contributed by atoms with Gasteiger partial charge in [0.25, 0.3) is 0 Å². The van der Waals surface area contributed by atoms with Gasteiger partial charge in [0.1, 0.15) is 6.61 Å². The van der Waals surface area contributed by atoms with Crippen molar-refractivity contribution in [2.75, 3.05) is 6.61 Å². The fraction of sp³-hybridized carbons (Fsp3) is 0.357. The zero-order valence-corrected chi connectivity index (χ0v) is 11.8. The van der Waals surface area contributed by atoms with E-state index in [0.717, 1.165) is 10.4 Å². The summed E-state index contributed by atoms with van der Waals surface area (Å²) in [7, 11) is 0. The van der Waals surface area contributed by atoms with Gasteiger partial charge in [-0.05, 0) is 25.3 Å². The third-order valence-corrected chi connectivity index (χ3v) is 3.70. The Morgan fingerprint density at radius 3 is 2.84 bits per heavy atom. The lowest BCUT2D eigenvalue weighted by molar-refractivity contribution is 0.350. The first-order chi connectivity index (χ1) is 9.13. The summed E-state index contributed by atoms with van der Waals surface area (Å²) in [6.07, 6.45) is 3.60. The van der Waals surface area contributed by atoms with E-state index in [-0.39, 0.29) is 18.3 Å². The second-order valence-electron chi connectivity index (χ2n) is 4.43. The molecule has 2 heterocycles. The van der Waals surface area contributed by atoms with Crippen LogP contribution in [0.5, 0.6) is 0 Å². The maximum absolute atomic E-state index is 12.1. The van der Waals surface area contributed by atoms with Crippen LogP contribution >= 0.6 is 11.3 Å². The van der Waals surface area contributed by atoms with Crippen LogP contribution in [0.25, 0.3) is 0 Å². The lowest BCUT2D eigenvalue weighted by atomic mass is 10.2. The molecule has 19 heavy (non-hydrogen) atoms. The Morgan fingerprint density at radius 2 is 2.21 bits per heavy atom. The Morgan fingerprint density at radius 1 is 1.42 bits per heavy atom. The molecule has 0 saturated heterocycles. The Bertz CT molecular complexity index is 667. The maximum atomic E-state index is 12.1. The molecule has 2 rings (SSSR count). The zero-order chi connectivity index (χ0) is 13.8. The monoisotopic (exact) mass is 276 g/mol. The fourth-order valence-electron chi connectivity index (χ4n) is 1.81. The van der Waals surface area contributed by atoms with Crippen molar-refractivity contribution >= 4 is 11.3 Å². The topological polar surface area (TPSA) is 47.2 Å². The van der Waals surface area contributed by atoms with E-state index in [1.807, 2.05) is 25.3 Å². The standard InChI is InChI=1S/C14H16N2O2S/c1-11(2)16-7-6-15(14(16)18)10-13-12(4-3-8-17)5-9-19-13/h5-7,9,11,17H,8,10H2,1-2H3. The van der Waals surface area contributed by atoms with Gasteiger partial charge in [0.05, 0.1) is 6.54 Å². The van der Waals surface area contributed by atoms with E-state index in [1.54, 1.807) is 32.9 Å². The summed E-state index contributed by atoms with van der Waals surface area (Å²) in [4.78, 5) is 13.1. The molecule has 2 aromatic rings. The summed E-state index contributed by atoms with van der Waals surface area (Å²) in [5.74, 6) is 5.53. The Kier molecular flexibility index (Phi) is 4.25. The van der Waals surface area contributed by atoms with Crippen LogP contribution in [0.2, 0.25) is 0 Å². The fourth-order valence-corrected chi connectivity index (χ4v) is 2.63. The molecule has 1 N–H and O–H groups in total. The number of nitrogens with zero attached hydrogens (tertiary/aromatic N) is 2. The van der Waals surface area contributed by atoms with E-state index >= 15 is 0 Å². The summed E-state index contributed by atoms with van der Waals surface area (Å²) in [5.41, 5.74) is 0.868. The highest BCUT2D eigenvalue weighted by Crippen LogP contribution is 2.16. The van der Waals surface area contributed by atoms with E-state index < -0.39 is 0 Å². The van der Waals surface area contributed by atoms with E-state index in [2.05, 4.69) is 11.8 Å². The van der Waals surface area contributed by atoms with Gasteiger partial charge >= 0.3 is 5.69 Å². The van der Waals surface area contributed by atoms with Gasteiger partial charge in [-0.15, -0.1) is 11.3 Å². The first kappa shape index (κ1) is 13.7. The highest BCUT2D eigenvalue weighted by molar-refractivity contribution is 7.10. The number of hydrogen-bond donors (Lipinski definition) is 1. The van der Waals surface area contributed by atoms with Crippen molar-refractivity contribution in [1.82, 2.24) is 9.13 Å². The van der Waals surface area contributed by atoms with Crippen molar-refractivity contribution in [2.45, 2.75) is 26.4 Å². The van der Waals surface area contributed by atoms with E-state index in [9.17, 15) is 4.79 Å². The molecular formula is C14H16N2O2S. The molecule has 0 aliphatic rings. The van der Waals surface area contributed by atoms with Gasteiger partial charge in [0, 0.05) is 28.9 Å². The van der Waals surface area contributed by atoms with Crippen LogP contribution in [0.15, 0.2) is 28.6 Å². The van der Waals surface area contributed by atoms with Crippen molar-refractivity contribution in [3.05, 3.63) is 44.8 Å². The van der Waals surface area contributed by atoms with Crippen molar-refractivity contribution in [3.63, 3.8) is 0 Å². The predicted octanol–water partition coefficient (Wildman–Crippen LogP) is 1.68. The third-order valence-electron chi connectivity index (χ3n) is 2.79. The molecule has 0 saturated carbocycles. The number of rotatable bonds is 3. The average molecular weight is 276 g/mol. The predicted molar refractivity (Wildman–Crippen MR) is 76.5 cm³/mol. The number of imidazole rings is 1. The van der Waals surface area contributed by atoms with Crippen LogP contribution in [0, 0.1) is 11.8 Å². The largest absolute Gasteiger partial charge is 0.384 e. The number of thiophene rings is 1. The first-order valence-corrected chi connectivity index (χ1v) is 6.95. The number of hydrogen-bond acceptors (Lipinski definition) is 3. The Balaban J connectivity index is 2.27. The van der Waals surface area contributed by atoms with Gasteiger partial charge < -0.3 is 5.11 Å². The second-order valence-corrected chi connectivity index (χ2v) is 5.43. The highest BCUT2D eigenvalue weighted by Gasteiger charge is 2.09. The van der Waals surface area contributed by atoms with Crippen LogP contribution in [0.1, 0.15) is 30.3 Å². The molecule has 2 aromatic heterocycles. The van der Waals surface area contributed by atoms with Crippen LogP contribution in [0.4, 0.5) is 0 Å². The molecule has 100 valence electrons. The second kappa shape index (κ2) is 5.91. The van der Waals surface area contributed by atoms with Crippen LogP contribution in [-0.4, -0.2) is 20.8 Å². The minimum atomic E-state index is -0.154. The minimum absolute atomic E-state index is 0.00975. The molecule has 0 bridgehead atoms. The van der Waals surface area contributed by atoms with Crippen molar-refractivity contribution in [3.8, 4) is 11.8 Å². The number of aliphatic hydroxyl groups is 1. The van der Waals surface area contributed by atoms with Gasteiger partial charge in [-0.2, -0.15) is 0 Å². The minimum Gasteiger partial charge on any atom is -0.384 e. The molecule has 0 spiro atoms. The third kappa shape index (κ3) is 2.98. The van der Waals surface area contributed by atoms with Crippen molar-refractivity contribution in [1.29, 1.82) is 0 Å².